The van der Waals surface area contributed by atoms with Gasteiger partial charge in [0, 0.05) is 38.3 Å². The van der Waals surface area contributed by atoms with Gasteiger partial charge < -0.3 is 10.2 Å². The summed E-state index contributed by atoms with van der Waals surface area (Å²) in [5, 5.41) is 3.59. The quantitative estimate of drug-likeness (QED) is 0.741. The van der Waals surface area contributed by atoms with E-state index in [2.05, 4.69) is 37.9 Å². The summed E-state index contributed by atoms with van der Waals surface area (Å²) in [4.78, 5) is 16.9. The lowest BCUT2D eigenvalue weighted by Crippen LogP contribution is -2.58. The van der Waals surface area contributed by atoms with Crippen LogP contribution in [-0.2, 0) is 4.79 Å². The third-order valence-corrected chi connectivity index (χ3v) is 4.26. The summed E-state index contributed by atoms with van der Waals surface area (Å²) in [7, 11) is 0. The predicted octanol–water partition coefficient (Wildman–Crippen LogP) is 2.10. The van der Waals surface area contributed by atoms with Crippen molar-refractivity contribution in [1.29, 1.82) is 0 Å². The first-order valence-corrected chi connectivity index (χ1v) is 8.41. The van der Waals surface area contributed by atoms with Crippen LogP contribution in [0.1, 0.15) is 53.4 Å². The lowest BCUT2D eigenvalue weighted by molar-refractivity contribution is -0.133. The van der Waals surface area contributed by atoms with Crippen molar-refractivity contribution in [2.75, 3.05) is 32.7 Å². The summed E-state index contributed by atoms with van der Waals surface area (Å²) in [6.45, 7) is 13.1. The van der Waals surface area contributed by atoms with Crippen molar-refractivity contribution in [1.82, 2.24) is 15.1 Å². The predicted molar refractivity (Wildman–Crippen MR) is 84.9 cm³/mol. The van der Waals surface area contributed by atoms with Crippen molar-refractivity contribution in [3.05, 3.63) is 0 Å². The van der Waals surface area contributed by atoms with E-state index in [-0.39, 0.29) is 0 Å². The summed E-state index contributed by atoms with van der Waals surface area (Å²) in [6.07, 6.45) is 4.33. The SMILES string of the molecule is CCCN(CCC)C(=O)CN1CC(CC)NCC1CC. The number of hydrogen-bond donors (Lipinski definition) is 1. The molecule has 4 nitrogen and oxygen atoms in total. The van der Waals surface area contributed by atoms with Crippen LogP contribution < -0.4 is 5.32 Å². The summed E-state index contributed by atoms with van der Waals surface area (Å²) in [5.41, 5.74) is 0. The van der Waals surface area contributed by atoms with E-state index in [4.69, 9.17) is 0 Å². The van der Waals surface area contributed by atoms with Gasteiger partial charge in [-0.25, -0.2) is 0 Å². The lowest BCUT2D eigenvalue weighted by atomic mass is 10.1. The molecular formula is C16H33N3O. The van der Waals surface area contributed by atoms with E-state index >= 15 is 0 Å². The molecule has 0 aromatic heterocycles. The molecule has 118 valence electrons. The molecule has 1 fully saturated rings. The summed E-state index contributed by atoms with van der Waals surface area (Å²) in [6, 6.07) is 1.04. The summed E-state index contributed by atoms with van der Waals surface area (Å²) in [5.74, 6) is 0.309. The second-order valence-electron chi connectivity index (χ2n) is 5.89. The Labute approximate surface area is 124 Å². The topological polar surface area (TPSA) is 35.6 Å². The van der Waals surface area contributed by atoms with Crippen molar-refractivity contribution in [2.24, 2.45) is 0 Å². The van der Waals surface area contributed by atoms with E-state index in [0.29, 0.717) is 24.5 Å². The van der Waals surface area contributed by atoms with Crippen LogP contribution >= 0.6 is 0 Å². The normalized spacial score (nSPS) is 23.8. The average Bonchev–Trinajstić information content (AvgIpc) is 2.46. The van der Waals surface area contributed by atoms with Crippen LogP contribution in [0.5, 0.6) is 0 Å². The van der Waals surface area contributed by atoms with Crippen molar-refractivity contribution < 1.29 is 4.79 Å². The highest BCUT2D eigenvalue weighted by Gasteiger charge is 2.28. The molecule has 0 spiro atoms. The van der Waals surface area contributed by atoms with E-state index < -0.39 is 0 Å². The van der Waals surface area contributed by atoms with Crippen molar-refractivity contribution in [3.8, 4) is 0 Å². The second-order valence-corrected chi connectivity index (χ2v) is 5.89. The Hall–Kier alpha value is -0.610. The second kappa shape index (κ2) is 9.35. The molecule has 20 heavy (non-hydrogen) atoms. The van der Waals surface area contributed by atoms with Gasteiger partial charge in [0.1, 0.15) is 0 Å². The Morgan fingerprint density at radius 3 is 2.30 bits per heavy atom. The van der Waals surface area contributed by atoms with Crippen molar-refractivity contribution >= 4 is 5.91 Å². The molecular weight excluding hydrogens is 250 g/mol. The molecule has 0 aliphatic carbocycles. The van der Waals surface area contributed by atoms with Crippen LogP contribution in [0.2, 0.25) is 0 Å². The van der Waals surface area contributed by atoms with E-state index in [1.807, 2.05) is 4.90 Å². The molecule has 1 rings (SSSR count). The number of amides is 1. The van der Waals surface area contributed by atoms with Crippen LogP contribution in [-0.4, -0.2) is 60.5 Å². The first-order chi connectivity index (χ1) is 9.65. The van der Waals surface area contributed by atoms with Crippen molar-refractivity contribution in [2.45, 2.75) is 65.5 Å². The Bertz CT molecular complexity index is 277. The molecule has 0 aromatic carbocycles. The summed E-state index contributed by atoms with van der Waals surface area (Å²) < 4.78 is 0. The average molecular weight is 283 g/mol. The van der Waals surface area contributed by atoms with E-state index in [1.165, 1.54) is 0 Å². The number of nitrogens with zero attached hydrogens (tertiary/aromatic N) is 2. The number of rotatable bonds is 8. The number of hydrogen-bond acceptors (Lipinski definition) is 3. The third-order valence-electron chi connectivity index (χ3n) is 4.26. The highest BCUT2D eigenvalue weighted by atomic mass is 16.2. The van der Waals surface area contributed by atoms with Gasteiger partial charge in [0.2, 0.25) is 5.91 Å². The Morgan fingerprint density at radius 1 is 1.15 bits per heavy atom. The zero-order valence-electron chi connectivity index (χ0n) is 13.8. The van der Waals surface area contributed by atoms with Crippen LogP contribution in [0.25, 0.3) is 0 Å². The first kappa shape index (κ1) is 17.4. The maximum atomic E-state index is 12.5. The maximum Gasteiger partial charge on any atom is 0.236 e. The third kappa shape index (κ3) is 5.06. The Kier molecular flexibility index (Phi) is 8.15. The number of carbonyl (C=O) groups is 1. The highest BCUT2D eigenvalue weighted by molar-refractivity contribution is 5.78. The molecule has 2 unspecified atom stereocenters. The van der Waals surface area contributed by atoms with E-state index in [1.54, 1.807) is 0 Å². The van der Waals surface area contributed by atoms with Crippen LogP contribution in [0, 0.1) is 0 Å². The molecule has 1 N–H and O–H groups in total. The molecule has 1 aliphatic heterocycles. The van der Waals surface area contributed by atoms with Gasteiger partial charge in [-0.15, -0.1) is 0 Å². The molecule has 1 aliphatic rings. The van der Waals surface area contributed by atoms with Gasteiger partial charge in [0.25, 0.3) is 0 Å². The Morgan fingerprint density at radius 2 is 1.80 bits per heavy atom. The number of carbonyl (C=O) groups excluding carboxylic acids is 1. The fourth-order valence-corrected chi connectivity index (χ4v) is 2.97. The van der Waals surface area contributed by atoms with Gasteiger partial charge in [0.15, 0.2) is 0 Å². The minimum absolute atomic E-state index is 0.309. The van der Waals surface area contributed by atoms with Gasteiger partial charge in [-0.1, -0.05) is 27.7 Å². The van der Waals surface area contributed by atoms with Gasteiger partial charge in [0.05, 0.1) is 6.54 Å². The fraction of sp³-hybridized carbons (Fsp3) is 0.938. The Balaban J connectivity index is 2.59. The highest BCUT2D eigenvalue weighted by Crippen LogP contribution is 2.12. The minimum atomic E-state index is 0.309. The molecule has 0 radical (unpaired) electrons. The zero-order chi connectivity index (χ0) is 15.0. The smallest absolute Gasteiger partial charge is 0.236 e. The van der Waals surface area contributed by atoms with Gasteiger partial charge in [-0.2, -0.15) is 0 Å². The largest absolute Gasteiger partial charge is 0.342 e. The molecule has 0 saturated carbocycles. The summed E-state index contributed by atoms with van der Waals surface area (Å²) >= 11 is 0. The fourth-order valence-electron chi connectivity index (χ4n) is 2.97. The van der Waals surface area contributed by atoms with E-state index in [0.717, 1.165) is 51.9 Å². The van der Waals surface area contributed by atoms with Crippen LogP contribution in [0.4, 0.5) is 0 Å². The van der Waals surface area contributed by atoms with Crippen molar-refractivity contribution in [3.63, 3.8) is 0 Å². The van der Waals surface area contributed by atoms with Gasteiger partial charge in [-0.3, -0.25) is 9.69 Å². The van der Waals surface area contributed by atoms with E-state index in [9.17, 15) is 4.79 Å². The van der Waals surface area contributed by atoms with Gasteiger partial charge in [-0.05, 0) is 25.7 Å². The zero-order valence-corrected chi connectivity index (χ0v) is 13.8. The molecule has 2 atom stereocenters. The number of nitrogens with one attached hydrogen (secondary N) is 1. The minimum Gasteiger partial charge on any atom is -0.342 e. The molecule has 1 amide bonds. The standard InChI is InChI=1S/C16H33N3O/c1-5-9-18(10-6-2)16(20)13-19-12-14(7-3)17-11-15(19)8-4/h14-15,17H,5-13H2,1-4H3. The van der Waals surface area contributed by atoms with Crippen LogP contribution in [0.3, 0.4) is 0 Å². The molecule has 1 saturated heterocycles. The van der Waals surface area contributed by atoms with Crippen LogP contribution in [0.15, 0.2) is 0 Å². The lowest BCUT2D eigenvalue weighted by Gasteiger charge is -2.40. The molecule has 1 heterocycles. The van der Waals surface area contributed by atoms with Gasteiger partial charge >= 0.3 is 0 Å². The molecule has 4 heteroatoms. The number of piperazine rings is 1. The first-order valence-electron chi connectivity index (χ1n) is 8.41. The molecule has 0 aromatic rings. The maximum absolute atomic E-state index is 12.5. The monoisotopic (exact) mass is 283 g/mol. The molecule has 0 bridgehead atoms.